The van der Waals surface area contributed by atoms with Gasteiger partial charge in [0.2, 0.25) is 0 Å². The molecule has 0 saturated heterocycles. The van der Waals surface area contributed by atoms with Gasteiger partial charge in [-0.15, -0.1) is 0 Å². The molecule has 0 radical (unpaired) electrons. The van der Waals surface area contributed by atoms with Crippen molar-refractivity contribution in [2.24, 2.45) is 7.05 Å². The van der Waals surface area contributed by atoms with Gasteiger partial charge in [0, 0.05) is 37.3 Å². The molecule has 0 spiro atoms. The van der Waals surface area contributed by atoms with E-state index in [2.05, 4.69) is 10.4 Å². The van der Waals surface area contributed by atoms with E-state index in [0.717, 1.165) is 11.3 Å². The lowest BCUT2D eigenvalue weighted by Gasteiger charge is -2.27. The van der Waals surface area contributed by atoms with E-state index >= 15 is 0 Å². The van der Waals surface area contributed by atoms with Crippen LogP contribution in [-0.4, -0.2) is 46.9 Å². The van der Waals surface area contributed by atoms with Crippen LogP contribution in [0.1, 0.15) is 28.7 Å². The van der Waals surface area contributed by atoms with E-state index < -0.39 is 5.97 Å². The third-order valence-electron chi connectivity index (χ3n) is 4.27. The Kier molecular flexibility index (Phi) is 5.11. The number of esters is 1. The Labute approximate surface area is 151 Å². The van der Waals surface area contributed by atoms with Gasteiger partial charge in [-0.25, -0.2) is 9.59 Å². The number of carbonyl (C=O) groups excluding carboxylic acids is 2. The molecule has 1 aliphatic heterocycles. The highest BCUT2D eigenvalue weighted by molar-refractivity contribution is 5.91. The summed E-state index contributed by atoms with van der Waals surface area (Å²) in [6.07, 6.45) is 0.591. The SMILES string of the molecule is CCOC(=O)c1c2c(nn1C)CCN(C(=O)Nc1cccc(OC)c1)C2. The normalized spacial score (nSPS) is 13.1. The first-order valence-electron chi connectivity index (χ1n) is 8.45. The molecule has 3 rings (SSSR count). The number of hydrogen-bond acceptors (Lipinski definition) is 5. The Morgan fingerprint density at radius 3 is 2.88 bits per heavy atom. The van der Waals surface area contributed by atoms with Crippen molar-refractivity contribution in [2.75, 3.05) is 25.6 Å². The predicted octanol–water partition coefficient (Wildman–Crippen LogP) is 2.20. The largest absolute Gasteiger partial charge is 0.497 e. The van der Waals surface area contributed by atoms with Gasteiger partial charge < -0.3 is 19.7 Å². The molecule has 26 heavy (non-hydrogen) atoms. The minimum Gasteiger partial charge on any atom is -0.497 e. The fourth-order valence-electron chi connectivity index (χ4n) is 3.03. The maximum Gasteiger partial charge on any atom is 0.356 e. The van der Waals surface area contributed by atoms with Crippen molar-refractivity contribution in [3.05, 3.63) is 41.2 Å². The Bertz CT molecular complexity index is 831. The number of anilines is 1. The Balaban J connectivity index is 1.76. The van der Waals surface area contributed by atoms with Crippen LogP contribution in [0.2, 0.25) is 0 Å². The third kappa shape index (κ3) is 3.49. The van der Waals surface area contributed by atoms with Crippen molar-refractivity contribution in [1.82, 2.24) is 14.7 Å². The number of methoxy groups -OCH3 is 1. The van der Waals surface area contributed by atoms with Crippen molar-refractivity contribution in [1.29, 1.82) is 0 Å². The number of urea groups is 1. The van der Waals surface area contributed by atoms with Crippen LogP contribution in [0.25, 0.3) is 0 Å². The molecule has 1 aromatic heterocycles. The maximum absolute atomic E-state index is 12.6. The molecule has 1 N–H and O–H groups in total. The van der Waals surface area contributed by atoms with Gasteiger partial charge in [0.15, 0.2) is 5.69 Å². The van der Waals surface area contributed by atoms with Crippen LogP contribution in [0.15, 0.2) is 24.3 Å². The summed E-state index contributed by atoms with van der Waals surface area (Å²) in [6.45, 7) is 2.89. The molecule has 0 aliphatic carbocycles. The van der Waals surface area contributed by atoms with E-state index in [4.69, 9.17) is 9.47 Å². The average molecular weight is 358 g/mol. The van der Waals surface area contributed by atoms with Gasteiger partial charge in [-0.05, 0) is 19.1 Å². The molecular formula is C18H22N4O4. The first kappa shape index (κ1) is 17.8. The first-order valence-corrected chi connectivity index (χ1v) is 8.45. The zero-order chi connectivity index (χ0) is 18.7. The second kappa shape index (κ2) is 7.47. The molecule has 0 atom stereocenters. The minimum absolute atomic E-state index is 0.234. The summed E-state index contributed by atoms with van der Waals surface area (Å²) in [5.74, 6) is 0.249. The second-order valence-corrected chi connectivity index (χ2v) is 5.95. The summed E-state index contributed by atoms with van der Waals surface area (Å²) in [5.41, 5.74) is 2.64. The molecule has 0 fully saturated rings. The molecule has 138 valence electrons. The number of aryl methyl sites for hydroxylation is 1. The number of benzene rings is 1. The molecule has 0 unspecified atom stereocenters. The third-order valence-corrected chi connectivity index (χ3v) is 4.27. The number of nitrogens with one attached hydrogen (secondary N) is 1. The summed E-state index contributed by atoms with van der Waals surface area (Å²) >= 11 is 0. The zero-order valence-corrected chi connectivity index (χ0v) is 15.1. The minimum atomic E-state index is -0.418. The molecule has 0 saturated carbocycles. The van der Waals surface area contributed by atoms with Crippen LogP contribution in [0.3, 0.4) is 0 Å². The van der Waals surface area contributed by atoms with E-state index in [-0.39, 0.29) is 6.03 Å². The Morgan fingerprint density at radius 1 is 1.35 bits per heavy atom. The van der Waals surface area contributed by atoms with E-state index in [0.29, 0.717) is 43.2 Å². The van der Waals surface area contributed by atoms with E-state index in [1.807, 2.05) is 12.1 Å². The summed E-state index contributed by atoms with van der Waals surface area (Å²) in [7, 11) is 3.29. The summed E-state index contributed by atoms with van der Waals surface area (Å²) < 4.78 is 11.8. The number of carbonyl (C=O) groups is 2. The van der Waals surface area contributed by atoms with Gasteiger partial charge in [-0.2, -0.15) is 5.10 Å². The Morgan fingerprint density at radius 2 is 2.15 bits per heavy atom. The van der Waals surface area contributed by atoms with Gasteiger partial charge in [0.1, 0.15) is 5.75 Å². The number of amides is 2. The van der Waals surface area contributed by atoms with Gasteiger partial charge in [0.25, 0.3) is 0 Å². The monoisotopic (exact) mass is 358 g/mol. The molecule has 2 aromatic rings. The lowest BCUT2D eigenvalue weighted by atomic mass is 10.1. The Hall–Kier alpha value is -3.03. The smallest absolute Gasteiger partial charge is 0.356 e. The first-order chi connectivity index (χ1) is 12.5. The molecule has 0 bridgehead atoms. The number of aromatic nitrogens is 2. The molecule has 1 aromatic carbocycles. The van der Waals surface area contributed by atoms with Crippen molar-refractivity contribution < 1.29 is 19.1 Å². The fraction of sp³-hybridized carbons (Fsp3) is 0.389. The molecule has 8 heteroatoms. The molecule has 2 amide bonds. The standard InChI is InChI=1S/C18H22N4O4/c1-4-26-17(23)16-14-11-22(9-8-15(14)20-21(16)2)18(24)19-12-6-5-7-13(10-12)25-3/h5-7,10H,4,8-9,11H2,1-3H3,(H,19,24). The van der Waals surface area contributed by atoms with E-state index in [1.165, 1.54) is 4.68 Å². The van der Waals surface area contributed by atoms with Crippen LogP contribution in [0.4, 0.5) is 10.5 Å². The average Bonchev–Trinajstić information content (AvgIpc) is 2.97. The van der Waals surface area contributed by atoms with Gasteiger partial charge >= 0.3 is 12.0 Å². The van der Waals surface area contributed by atoms with Gasteiger partial charge in [-0.3, -0.25) is 4.68 Å². The van der Waals surface area contributed by atoms with Gasteiger partial charge in [0.05, 0.1) is 26.0 Å². The summed E-state index contributed by atoms with van der Waals surface area (Å²) in [4.78, 5) is 26.5. The van der Waals surface area contributed by atoms with Crippen molar-refractivity contribution >= 4 is 17.7 Å². The van der Waals surface area contributed by atoms with Crippen molar-refractivity contribution in [3.8, 4) is 5.75 Å². The number of hydrogen-bond donors (Lipinski definition) is 1. The fourth-order valence-corrected chi connectivity index (χ4v) is 3.03. The highest BCUT2D eigenvalue weighted by Crippen LogP contribution is 2.24. The number of nitrogens with zero attached hydrogens (tertiary/aromatic N) is 3. The zero-order valence-electron chi connectivity index (χ0n) is 15.1. The summed E-state index contributed by atoms with van der Waals surface area (Å²) in [5, 5.41) is 7.26. The lowest BCUT2D eigenvalue weighted by molar-refractivity contribution is 0.0511. The molecular weight excluding hydrogens is 336 g/mol. The number of rotatable bonds is 4. The quantitative estimate of drug-likeness (QED) is 0.847. The van der Waals surface area contributed by atoms with Gasteiger partial charge in [-0.1, -0.05) is 6.07 Å². The molecule has 8 nitrogen and oxygen atoms in total. The number of ether oxygens (including phenoxy) is 2. The maximum atomic E-state index is 12.6. The van der Waals surface area contributed by atoms with Crippen LogP contribution in [0.5, 0.6) is 5.75 Å². The van der Waals surface area contributed by atoms with Crippen LogP contribution in [-0.2, 0) is 24.8 Å². The predicted molar refractivity (Wildman–Crippen MR) is 95.3 cm³/mol. The lowest BCUT2D eigenvalue weighted by Crippen LogP contribution is -2.39. The van der Waals surface area contributed by atoms with Crippen LogP contribution >= 0.6 is 0 Å². The molecule has 2 heterocycles. The van der Waals surface area contributed by atoms with E-state index in [9.17, 15) is 9.59 Å². The number of fused-ring (bicyclic) bond motifs is 1. The van der Waals surface area contributed by atoms with Crippen molar-refractivity contribution in [2.45, 2.75) is 19.9 Å². The van der Waals surface area contributed by atoms with Crippen LogP contribution in [0, 0.1) is 0 Å². The van der Waals surface area contributed by atoms with E-state index in [1.54, 1.807) is 38.1 Å². The van der Waals surface area contributed by atoms with Crippen molar-refractivity contribution in [3.63, 3.8) is 0 Å². The molecule has 1 aliphatic rings. The second-order valence-electron chi connectivity index (χ2n) is 5.95. The van der Waals surface area contributed by atoms with Crippen LogP contribution < -0.4 is 10.1 Å². The summed E-state index contributed by atoms with van der Waals surface area (Å²) in [6, 6.07) is 6.93. The highest BCUT2D eigenvalue weighted by atomic mass is 16.5. The highest BCUT2D eigenvalue weighted by Gasteiger charge is 2.30. The topological polar surface area (TPSA) is 85.7 Å².